The van der Waals surface area contributed by atoms with Crippen LogP contribution >= 0.6 is 35.0 Å². The SMILES string of the molecule is O=[N+]([O-])c1ccc(Oc2ccc(Cl)cc2Sc2cc(Cl)ccc2Oc2ccc([N+](=O)[O-])cc2)cc1. The molecule has 0 aliphatic rings. The molecule has 0 spiro atoms. The predicted molar refractivity (Wildman–Crippen MR) is 133 cm³/mol. The predicted octanol–water partition coefficient (Wildman–Crippen LogP) is 8.55. The van der Waals surface area contributed by atoms with Crippen molar-refractivity contribution in [3.05, 3.63) is 115 Å². The maximum absolute atomic E-state index is 10.9. The first-order valence-electron chi connectivity index (χ1n) is 9.90. The Morgan fingerprint density at radius 2 is 0.971 bits per heavy atom. The summed E-state index contributed by atoms with van der Waals surface area (Å²) >= 11 is 13.7. The van der Waals surface area contributed by atoms with Gasteiger partial charge in [0, 0.05) is 34.3 Å². The number of benzene rings is 4. The Morgan fingerprint density at radius 3 is 1.31 bits per heavy atom. The van der Waals surface area contributed by atoms with Crippen molar-refractivity contribution in [2.24, 2.45) is 0 Å². The monoisotopic (exact) mass is 528 g/mol. The van der Waals surface area contributed by atoms with Crippen LogP contribution in [0.2, 0.25) is 10.0 Å². The molecule has 0 radical (unpaired) electrons. The van der Waals surface area contributed by atoms with E-state index in [4.69, 9.17) is 32.7 Å². The molecule has 4 aromatic carbocycles. The lowest BCUT2D eigenvalue weighted by Gasteiger charge is -2.14. The molecule has 0 unspecified atom stereocenters. The molecule has 0 bridgehead atoms. The van der Waals surface area contributed by atoms with Crippen molar-refractivity contribution < 1.29 is 19.3 Å². The molecule has 0 atom stereocenters. The van der Waals surface area contributed by atoms with E-state index in [0.717, 1.165) is 0 Å². The Kier molecular flexibility index (Phi) is 7.40. The highest BCUT2D eigenvalue weighted by Crippen LogP contribution is 2.44. The summed E-state index contributed by atoms with van der Waals surface area (Å²) in [6, 6.07) is 21.6. The zero-order chi connectivity index (χ0) is 24.9. The fraction of sp³-hybridized carbons (Fsp3) is 0. The van der Waals surface area contributed by atoms with Crippen LogP contribution < -0.4 is 9.47 Å². The maximum Gasteiger partial charge on any atom is 0.269 e. The first kappa shape index (κ1) is 24.3. The molecule has 4 rings (SSSR count). The van der Waals surface area contributed by atoms with Gasteiger partial charge in [0.05, 0.1) is 19.6 Å². The minimum atomic E-state index is -0.487. The van der Waals surface area contributed by atoms with Crippen LogP contribution in [0.25, 0.3) is 0 Å². The van der Waals surface area contributed by atoms with Gasteiger partial charge in [-0.25, -0.2) is 0 Å². The molecule has 8 nitrogen and oxygen atoms in total. The van der Waals surface area contributed by atoms with E-state index in [0.29, 0.717) is 42.8 Å². The van der Waals surface area contributed by atoms with Gasteiger partial charge in [0.1, 0.15) is 23.0 Å². The highest BCUT2D eigenvalue weighted by atomic mass is 35.5. The second kappa shape index (κ2) is 10.6. The van der Waals surface area contributed by atoms with Gasteiger partial charge in [-0.15, -0.1) is 0 Å². The van der Waals surface area contributed by atoms with E-state index in [1.807, 2.05) is 0 Å². The number of nitrogens with zero attached hydrogens (tertiary/aromatic N) is 2. The van der Waals surface area contributed by atoms with Crippen LogP contribution in [-0.4, -0.2) is 9.85 Å². The van der Waals surface area contributed by atoms with Gasteiger partial charge in [-0.3, -0.25) is 20.2 Å². The Labute approximate surface area is 213 Å². The first-order valence-corrected chi connectivity index (χ1v) is 11.5. The number of nitro groups is 2. The minimum absolute atomic E-state index is 0.0463. The van der Waals surface area contributed by atoms with E-state index in [-0.39, 0.29) is 11.4 Å². The number of rotatable bonds is 8. The standard InChI is InChI=1S/C24H14Cl2N2O6S/c25-15-1-11-21(33-19-7-3-17(4-8-19)27(29)30)23(13-15)35-24-14-16(26)2-12-22(24)34-20-9-5-18(6-10-20)28(31)32/h1-14H. The second-order valence-corrected chi connectivity index (χ2v) is 8.95. The van der Waals surface area contributed by atoms with Crippen molar-refractivity contribution in [1.82, 2.24) is 0 Å². The van der Waals surface area contributed by atoms with Crippen LogP contribution in [0.4, 0.5) is 11.4 Å². The van der Waals surface area contributed by atoms with Crippen molar-refractivity contribution in [2.75, 3.05) is 0 Å². The summed E-state index contributed by atoms with van der Waals surface area (Å²) in [6.45, 7) is 0. The van der Waals surface area contributed by atoms with Crippen LogP contribution in [-0.2, 0) is 0 Å². The molecule has 0 aromatic heterocycles. The number of halogens is 2. The van der Waals surface area contributed by atoms with Crippen LogP contribution in [0.1, 0.15) is 0 Å². The first-order chi connectivity index (χ1) is 16.8. The number of ether oxygens (including phenoxy) is 2. The Bertz CT molecular complexity index is 1290. The summed E-state index contributed by atoms with van der Waals surface area (Å²) in [7, 11) is 0. The Morgan fingerprint density at radius 1 is 0.600 bits per heavy atom. The molecule has 35 heavy (non-hydrogen) atoms. The third-order valence-electron chi connectivity index (χ3n) is 4.58. The van der Waals surface area contributed by atoms with Crippen molar-refractivity contribution >= 4 is 46.3 Å². The summed E-state index contributed by atoms with van der Waals surface area (Å²) < 4.78 is 11.9. The van der Waals surface area contributed by atoms with Gasteiger partial charge in [-0.2, -0.15) is 0 Å². The lowest BCUT2D eigenvalue weighted by molar-refractivity contribution is -0.385. The molecular weight excluding hydrogens is 515 g/mol. The van der Waals surface area contributed by atoms with Gasteiger partial charge in [-0.05, 0) is 60.7 Å². The Hall–Kier alpha value is -3.79. The number of hydrogen-bond acceptors (Lipinski definition) is 7. The molecule has 4 aromatic rings. The van der Waals surface area contributed by atoms with Crippen molar-refractivity contribution in [3.8, 4) is 23.0 Å². The fourth-order valence-corrected chi connectivity index (χ4v) is 4.44. The van der Waals surface area contributed by atoms with E-state index in [1.165, 1.54) is 60.3 Å². The van der Waals surface area contributed by atoms with Gasteiger partial charge in [-0.1, -0.05) is 35.0 Å². The normalized spacial score (nSPS) is 10.6. The van der Waals surface area contributed by atoms with E-state index in [1.54, 1.807) is 36.4 Å². The highest BCUT2D eigenvalue weighted by Gasteiger charge is 2.15. The molecular formula is C24H14Cl2N2O6S. The summed E-state index contributed by atoms with van der Waals surface area (Å²) in [5.41, 5.74) is -0.0926. The van der Waals surface area contributed by atoms with Gasteiger partial charge < -0.3 is 9.47 Å². The van der Waals surface area contributed by atoms with Crippen molar-refractivity contribution in [2.45, 2.75) is 9.79 Å². The van der Waals surface area contributed by atoms with Crippen LogP contribution in [0.3, 0.4) is 0 Å². The fourth-order valence-electron chi connectivity index (χ4n) is 2.94. The number of nitro benzene ring substituents is 2. The molecule has 0 amide bonds. The third kappa shape index (κ3) is 6.21. The molecule has 0 aliphatic carbocycles. The molecule has 0 saturated heterocycles. The van der Waals surface area contributed by atoms with Gasteiger partial charge in [0.2, 0.25) is 0 Å². The molecule has 0 fully saturated rings. The summed E-state index contributed by atoms with van der Waals surface area (Å²) in [6.07, 6.45) is 0. The smallest absolute Gasteiger partial charge is 0.269 e. The molecule has 0 saturated carbocycles. The van der Waals surface area contributed by atoms with E-state index >= 15 is 0 Å². The van der Waals surface area contributed by atoms with Crippen LogP contribution in [0.15, 0.2) is 94.7 Å². The van der Waals surface area contributed by atoms with Crippen LogP contribution in [0, 0.1) is 20.2 Å². The van der Waals surface area contributed by atoms with E-state index in [9.17, 15) is 20.2 Å². The molecule has 0 heterocycles. The van der Waals surface area contributed by atoms with E-state index in [2.05, 4.69) is 0 Å². The summed E-state index contributed by atoms with van der Waals surface area (Å²) in [5.74, 6) is 1.76. The van der Waals surface area contributed by atoms with Gasteiger partial charge in [0.25, 0.3) is 11.4 Å². The molecule has 176 valence electrons. The lowest BCUT2D eigenvalue weighted by Crippen LogP contribution is -1.91. The van der Waals surface area contributed by atoms with Crippen molar-refractivity contribution in [1.29, 1.82) is 0 Å². The molecule has 0 aliphatic heterocycles. The lowest BCUT2D eigenvalue weighted by atomic mass is 10.3. The quantitative estimate of drug-likeness (QED) is 0.166. The van der Waals surface area contributed by atoms with E-state index < -0.39 is 9.85 Å². The third-order valence-corrected chi connectivity index (χ3v) is 6.13. The van der Waals surface area contributed by atoms with Crippen molar-refractivity contribution in [3.63, 3.8) is 0 Å². The van der Waals surface area contributed by atoms with Crippen LogP contribution in [0.5, 0.6) is 23.0 Å². The number of hydrogen-bond donors (Lipinski definition) is 0. The minimum Gasteiger partial charge on any atom is -0.456 e. The molecule has 0 N–H and O–H groups in total. The molecule has 11 heteroatoms. The average Bonchev–Trinajstić information content (AvgIpc) is 2.83. The summed E-state index contributed by atoms with van der Waals surface area (Å²) in [5, 5.41) is 22.7. The van der Waals surface area contributed by atoms with Gasteiger partial charge >= 0.3 is 0 Å². The van der Waals surface area contributed by atoms with Gasteiger partial charge in [0.15, 0.2) is 0 Å². The zero-order valence-corrected chi connectivity index (χ0v) is 19.9. The average molecular weight is 529 g/mol. The highest BCUT2D eigenvalue weighted by molar-refractivity contribution is 7.99. The maximum atomic E-state index is 10.9. The topological polar surface area (TPSA) is 105 Å². The largest absolute Gasteiger partial charge is 0.456 e. The zero-order valence-electron chi connectivity index (χ0n) is 17.6. The number of non-ortho nitro benzene ring substituents is 2. The summed E-state index contributed by atoms with van der Waals surface area (Å²) in [4.78, 5) is 22.1. The Balaban J connectivity index is 1.62. The second-order valence-electron chi connectivity index (χ2n) is 6.99.